The number of amides is 1. The zero-order chi connectivity index (χ0) is 12.4. The van der Waals surface area contributed by atoms with Crippen LogP contribution in [0.25, 0.3) is 0 Å². The summed E-state index contributed by atoms with van der Waals surface area (Å²) in [6, 6.07) is 1.69. The maximum atomic E-state index is 12.2. The number of aryl methyl sites for hydroxylation is 1. The molecule has 0 aliphatic rings. The van der Waals surface area contributed by atoms with E-state index < -0.39 is 0 Å². The number of pyridine rings is 1. The van der Waals surface area contributed by atoms with E-state index in [1.54, 1.807) is 26.2 Å². The minimum absolute atomic E-state index is 0.171. The predicted octanol–water partition coefficient (Wildman–Crippen LogP) is 1.10. The summed E-state index contributed by atoms with van der Waals surface area (Å²) in [5, 5.41) is 3.81. The number of hydrogen-bond acceptors (Lipinski definition) is 6. The van der Waals surface area contributed by atoms with Crippen molar-refractivity contribution in [2.24, 2.45) is 0 Å². The summed E-state index contributed by atoms with van der Waals surface area (Å²) < 4.78 is 3.74. The van der Waals surface area contributed by atoms with Crippen molar-refractivity contribution in [1.82, 2.24) is 14.6 Å². The molecule has 0 saturated heterocycles. The van der Waals surface area contributed by atoms with Crippen LogP contribution in [-0.4, -0.2) is 27.5 Å². The molecule has 6 nitrogen and oxygen atoms in total. The number of carbonyl (C=O) groups is 1. The van der Waals surface area contributed by atoms with Gasteiger partial charge >= 0.3 is 0 Å². The Hall–Kier alpha value is -2.02. The lowest BCUT2D eigenvalue weighted by Gasteiger charge is -2.17. The maximum absolute atomic E-state index is 12.2. The van der Waals surface area contributed by atoms with Crippen LogP contribution in [0.4, 0.5) is 11.4 Å². The lowest BCUT2D eigenvalue weighted by Crippen LogP contribution is -2.26. The summed E-state index contributed by atoms with van der Waals surface area (Å²) in [4.78, 5) is 18.0. The summed E-state index contributed by atoms with van der Waals surface area (Å²) >= 11 is 1.08. The monoisotopic (exact) mass is 249 g/mol. The van der Waals surface area contributed by atoms with Gasteiger partial charge in [-0.25, -0.2) is 0 Å². The zero-order valence-electron chi connectivity index (χ0n) is 9.41. The molecule has 2 aromatic rings. The first kappa shape index (κ1) is 11.5. The first-order valence-electron chi connectivity index (χ1n) is 4.87. The highest BCUT2D eigenvalue weighted by atomic mass is 32.1. The molecule has 0 fully saturated rings. The smallest absolute Gasteiger partial charge is 0.271 e. The molecule has 7 heteroatoms. The second-order valence-electron chi connectivity index (χ2n) is 3.49. The molecule has 2 N–H and O–H groups in total. The SMILES string of the molecule is Cc1nnsc1C(=O)N(C)c1ccncc1N. The molecule has 0 unspecified atom stereocenters. The molecule has 2 heterocycles. The Morgan fingerprint density at radius 3 is 2.88 bits per heavy atom. The Bertz CT molecular complexity index is 553. The Balaban J connectivity index is 2.33. The van der Waals surface area contributed by atoms with Crippen LogP contribution in [0, 0.1) is 6.92 Å². The van der Waals surface area contributed by atoms with Gasteiger partial charge in [-0.15, -0.1) is 5.10 Å². The van der Waals surface area contributed by atoms with Crippen molar-refractivity contribution in [2.75, 3.05) is 17.7 Å². The third-order valence-electron chi connectivity index (χ3n) is 2.34. The zero-order valence-corrected chi connectivity index (χ0v) is 10.2. The largest absolute Gasteiger partial charge is 0.396 e. The molecule has 2 rings (SSSR count). The number of carbonyl (C=O) groups excluding carboxylic acids is 1. The number of nitrogen functional groups attached to an aromatic ring is 1. The Morgan fingerprint density at radius 2 is 2.29 bits per heavy atom. The highest BCUT2D eigenvalue weighted by Crippen LogP contribution is 2.23. The van der Waals surface area contributed by atoms with Gasteiger partial charge in [0.25, 0.3) is 5.91 Å². The molecule has 0 radical (unpaired) electrons. The van der Waals surface area contributed by atoms with Crippen molar-refractivity contribution in [2.45, 2.75) is 6.92 Å². The number of nitrogens with two attached hydrogens (primary N) is 1. The topological polar surface area (TPSA) is 85.0 Å². The second-order valence-corrected chi connectivity index (χ2v) is 4.24. The van der Waals surface area contributed by atoms with Gasteiger partial charge in [0.05, 0.1) is 23.3 Å². The van der Waals surface area contributed by atoms with Crippen LogP contribution in [0.2, 0.25) is 0 Å². The van der Waals surface area contributed by atoms with Crippen LogP contribution >= 0.6 is 11.5 Å². The van der Waals surface area contributed by atoms with Gasteiger partial charge in [0.15, 0.2) is 0 Å². The van der Waals surface area contributed by atoms with Crippen molar-refractivity contribution in [3.05, 3.63) is 29.0 Å². The van der Waals surface area contributed by atoms with Gasteiger partial charge < -0.3 is 10.6 Å². The molecule has 0 bridgehead atoms. The molecular formula is C10H11N5OS. The number of hydrogen-bond donors (Lipinski definition) is 1. The molecule has 2 aromatic heterocycles. The fourth-order valence-corrected chi connectivity index (χ4v) is 2.03. The Morgan fingerprint density at radius 1 is 1.53 bits per heavy atom. The van der Waals surface area contributed by atoms with Crippen molar-refractivity contribution >= 4 is 28.8 Å². The summed E-state index contributed by atoms with van der Waals surface area (Å²) in [5.41, 5.74) is 7.47. The summed E-state index contributed by atoms with van der Waals surface area (Å²) in [6.45, 7) is 1.75. The van der Waals surface area contributed by atoms with Crippen LogP contribution in [0.3, 0.4) is 0 Å². The van der Waals surface area contributed by atoms with E-state index in [-0.39, 0.29) is 5.91 Å². The third kappa shape index (κ3) is 2.09. The normalized spacial score (nSPS) is 10.2. The first-order chi connectivity index (χ1) is 8.11. The van der Waals surface area contributed by atoms with Crippen LogP contribution in [0.15, 0.2) is 18.5 Å². The van der Waals surface area contributed by atoms with E-state index in [9.17, 15) is 4.79 Å². The van der Waals surface area contributed by atoms with Crippen molar-refractivity contribution in [3.63, 3.8) is 0 Å². The van der Waals surface area contributed by atoms with Crippen LogP contribution in [0.5, 0.6) is 0 Å². The van der Waals surface area contributed by atoms with Gasteiger partial charge in [-0.1, -0.05) is 4.49 Å². The first-order valence-corrected chi connectivity index (χ1v) is 5.65. The third-order valence-corrected chi connectivity index (χ3v) is 3.16. The lowest BCUT2D eigenvalue weighted by molar-refractivity contribution is 0.0996. The maximum Gasteiger partial charge on any atom is 0.271 e. The minimum atomic E-state index is -0.171. The van der Waals surface area contributed by atoms with Crippen LogP contribution in [0.1, 0.15) is 15.4 Å². The lowest BCUT2D eigenvalue weighted by atomic mass is 10.3. The summed E-state index contributed by atoms with van der Waals surface area (Å²) in [5.74, 6) is -0.171. The molecule has 17 heavy (non-hydrogen) atoms. The molecule has 0 atom stereocenters. The van der Waals surface area contributed by atoms with Gasteiger partial charge in [-0.2, -0.15) is 0 Å². The molecule has 88 valence electrons. The van der Waals surface area contributed by atoms with Crippen molar-refractivity contribution in [3.8, 4) is 0 Å². The van der Waals surface area contributed by atoms with Gasteiger partial charge in [-0.05, 0) is 24.5 Å². The molecular weight excluding hydrogens is 238 g/mol. The van der Waals surface area contributed by atoms with Crippen molar-refractivity contribution < 1.29 is 4.79 Å². The molecule has 0 spiro atoms. The van der Waals surface area contributed by atoms with E-state index in [2.05, 4.69) is 14.6 Å². The quantitative estimate of drug-likeness (QED) is 0.861. The average molecular weight is 249 g/mol. The number of nitrogens with zero attached hydrogens (tertiary/aromatic N) is 4. The number of rotatable bonds is 2. The van der Waals surface area contributed by atoms with E-state index in [1.165, 1.54) is 11.1 Å². The Kier molecular flexibility index (Phi) is 3.01. The minimum Gasteiger partial charge on any atom is -0.396 e. The average Bonchev–Trinajstić information content (AvgIpc) is 2.74. The van der Waals surface area contributed by atoms with Gasteiger partial charge in [0.2, 0.25) is 0 Å². The van der Waals surface area contributed by atoms with E-state index in [0.717, 1.165) is 11.5 Å². The van der Waals surface area contributed by atoms with Crippen LogP contribution < -0.4 is 10.6 Å². The number of anilines is 2. The van der Waals surface area contributed by atoms with Gasteiger partial charge in [-0.3, -0.25) is 9.78 Å². The van der Waals surface area contributed by atoms with Crippen molar-refractivity contribution in [1.29, 1.82) is 0 Å². The second kappa shape index (κ2) is 4.46. The van der Waals surface area contributed by atoms with E-state index in [4.69, 9.17) is 5.73 Å². The summed E-state index contributed by atoms with van der Waals surface area (Å²) in [6.07, 6.45) is 3.10. The van der Waals surface area contributed by atoms with Crippen LogP contribution in [-0.2, 0) is 0 Å². The van der Waals surface area contributed by atoms with Gasteiger partial charge in [0, 0.05) is 13.2 Å². The highest BCUT2D eigenvalue weighted by Gasteiger charge is 2.20. The Labute approximate surface area is 102 Å². The molecule has 0 aliphatic carbocycles. The van der Waals surface area contributed by atoms with E-state index in [0.29, 0.717) is 21.9 Å². The summed E-state index contributed by atoms with van der Waals surface area (Å²) in [7, 11) is 1.66. The molecule has 0 aliphatic heterocycles. The van der Waals surface area contributed by atoms with Gasteiger partial charge in [0.1, 0.15) is 4.88 Å². The molecule has 0 saturated carbocycles. The highest BCUT2D eigenvalue weighted by molar-refractivity contribution is 7.08. The standard InChI is InChI=1S/C10H11N5OS/c1-6-9(17-14-13-6)10(16)15(2)8-3-4-12-5-7(8)11/h3-5H,11H2,1-2H3. The van der Waals surface area contributed by atoms with E-state index >= 15 is 0 Å². The predicted molar refractivity (Wildman–Crippen MR) is 66.0 cm³/mol. The van der Waals surface area contributed by atoms with E-state index in [1.807, 2.05) is 0 Å². The molecule has 0 aromatic carbocycles. The fourth-order valence-electron chi connectivity index (χ4n) is 1.39. The molecule has 1 amide bonds. The number of aromatic nitrogens is 3. The fraction of sp³-hybridized carbons (Fsp3) is 0.200.